The molecular weight excluding hydrogens is 454 g/mol. The minimum atomic E-state index is -0.453. The lowest BCUT2D eigenvalue weighted by Crippen LogP contribution is -2.49. The molecule has 182 valence electrons. The Bertz CT molecular complexity index is 962. The second kappa shape index (κ2) is 14.6. The van der Waals surface area contributed by atoms with E-state index in [0.717, 1.165) is 24.0 Å². The van der Waals surface area contributed by atoms with Crippen molar-refractivity contribution in [2.75, 3.05) is 13.2 Å². The third-order valence-corrected chi connectivity index (χ3v) is 4.84. The normalized spacial score (nSPS) is 10.2. The van der Waals surface area contributed by atoms with Gasteiger partial charge in [-0.1, -0.05) is 36.4 Å². The van der Waals surface area contributed by atoms with Gasteiger partial charge in [-0.3, -0.25) is 25.2 Å². The van der Waals surface area contributed by atoms with Crippen LogP contribution in [0.15, 0.2) is 48.5 Å². The third-order valence-electron chi connectivity index (χ3n) is 4.63. The molecule has 0 bridgehead atoms. The van der Waals surface area contributed by atoms with Crippen molar-refractivity contribution in [3.05, 3.63) is 65.2 Å². The Morgan fingerprint density at radius 2 is 1.59 bits per heavy atom. The lowest BCUT2D eigenvalue weighted by Gasteiger charge is -2.12. The smallest absolute Gasteiger partial charge is 0.305 e. The van der Waals surface area contributed by atoms with Gasteiger partial charge in [0.05, 0.1) is 6.61 Å². The number of aryl methyl sites for hydroxylation is 3. The molecule has 0 spiro atoms. The number of rotatable bonds is 11. The SMILES string of the molecule is Cc1cc(C)cc(OCC(=O)NNC(=S)NC(=O)CCCC(=O)OCCCc2ccccc2)c1. The number of hydrogen-bond acceptors (Lipinski definition) is 6. The van der Waals surface area contributed by atoms with Gasteiger partial charge in [-0.15, -0.1) is 0 Å². The fourth-order valence-corrected chi connectivity index (χ4v) is 3.29. The fourth-order valence-electron chi connectivity index (χ4n) is 3.12. The molecule has 2 rings (SSSR count). The van der Waals surface area contributed by atoms with Crippen LogP contribution in [0.3, 0.4) is 0 Å². The topological polar surface area (TPSA) is 106 Å². The van der Waals surface area contributed by atoms with Crippen LogP contribution in [-0.4, -0.2) is 36.1 Å². The number of benzene rings is 2. The van der Waals surface area contributed by atoms with Crippen molar-refractivity contribution < 1.29 is 23.9 Å². The zero-order chi connectivity index (χ0) is 24.8. The predicted molar refractivity (Wildman–Crippen MR) is 133 cm³/mol. The van der Waals surface area contributed by atoms with Crippen molar-refractivity contribution >= 4 is 35.1 Å². The summed E-state index contributed by atoms with van der Waals surface area (Å²) in [5.74, 6) is -0.559. The molecule has 34 heavy (non-hydrogen) atoms. The van der Waals surface area contributed by atoms with Gasteiger partial charge >= 0.3 is 5.97 Å². The number of esters is 1. The van der Waals surface area contributed by atoms with Crippen molar-refractivity contribution in [3.8, 4) is 5.75 Å². The summed E-state index contributed by atoms with van der Waals surface area (Å²) >= 11 is 4.98. The van der Waals surface area contributed by atoms with E-state index in [0.29, 0.717) is 18.8 Å². The Hall–Kier alpha value is -3.46. The quantitative estimate of drug-likeness (QED) is 0.194. The molecule has 0 aliphatic heterocycles. The van der Waals surface area contributed by atoms with Gasteiger partial charge in [0.1, 0.15) is 5.75 Å². The van der Waals surface area contributed by atoms with Gasteiger partial charge in [-0.25, -0.2) is 0 Å². The molecule has 2 aromatic carbocycles. The molecule has 0 saturated carbocycles. The lowest BCUT2D eigenvalue weighted by atomic mass is 10.1. The molecule has 0 aliphatic rings. The van der Waals surface area contributed by atoms with Crippen LogP contribution in [0, 0.1) is 13.8 Å². The molecule has 0 saturated heterocycles. The Morgan fingerprint density at radius 1 is 0.882 bits per heavy atom. The number of hydrogen-bond donors (Lipinski definition) is 3. The lowest BCUT2D eigenvalue weighted by molar-refractivity contribution is -0.143. The maximum Gasteiger partial charge on any atom is 0.305 e. The highest BCUT2D eigenvalue weighted by Crippen LogP contribution is 2.15. The second-order valence-electron chi connectivity index (χ2n) is 7.83. The van der Waals surface area contributed by atoms with Crippen LogP contribution in [0.5, 0.6) is 5.75 Å². The Balaban J connectivity index is 1.51. The van der Waals surface area contributed by atoms with E-state index in [-0.39, 0.29) is 36.4 Å². The Kier molecular flexibility index (Phi) is 11.5. The van der Waals surface area contributed by atoms with Gasteiger partial charge in [0.25, 0.3) is 5.91 Å². The summed E-state index contributed by atoms with van der Waals surface area (Å²) in [6.07, 6.45) is 2.17. The molecule has 0 aliphatic carbocycles. The number of ether oxygens (including phenoxy) is 2. The fraction of sp³-hybridized carbons (Fsp3) is 0.360. The number of carbonyl (C=O) groups excluding carboxylic acids is 3. The monoisotopic (exact) mass is 485 g/mol. The van der Waals surface area contributed by atoms with Crippen LogP contribution in [0.2, 0.25) is 0 Å². The largest absolute Gasteiger partial charge is 0.484 e. The van der Waals surface area contributed by atoms with Gasteiger partial charge in [-0.05, 0) is 74.2 Å². The van der Waals surface area contributed by atoms with Crippen LogP contribution in [0.1, 0.15) is 42.4 Å². The van der Waals surface area contributed by atoms with Crippen molar-refractivity contribution in [1.29, 1.82) is 0 Å². The highest BCUT2D eigenvalue weighted by atomic mass is 32.1. The molecule has 0 unspecified atom stereocenters. The molecule has 0 heterocycles. The Labute approximate surface area is 205 Å². The summed E-state index contributed by atoms with van der Waals surface area (Å²) in [5.41, 5.74) is 8.08. The minimum absolute atomic E-state index is 0.0479. The molecule has 9 heteroatoms. The van der Waals surface area contributed by atoms with Gasteiger partial charge in [0, 0.05) is 12.8 Å². The van der Waals surface area contributed by atoms with E-state index < -0.39 is 5.91 Å². The Morgan fingerprint density at radius 3 is 2.29 bits per heavy atom. The van der Waals surface area contributed by atoms with Crippen molar-refractivity contribution in [3.63, 3.8) is 0 Å². The summed E-state index contributed by atoms with van der Waals surface area (Å²) in [6, 6.07) is 15.6. The summed E-state index contributed by atoms with van der Waals surface area (Å²) < 4.78 is 10.6. The zero-order valence-corrected chi connectivity index (χ0v) is 20.3. The van der Waals surface area contributed by atoms with Crippen LogP contribution >= 0.6 is 12.2 Å². The highest BCUT2D eigenvalue weighted by Gasteiger charge is 2.09. The van der Waals surface area contributed by atoms with Gasteiger partial charge in [-0.2, -0.15) is 0 Å². The molecular formula is C25H31N3O5S. The van der Waals surface area contributed by atoms with E-state index in [1.54, 1.807) is 0 Å². The minimum Gasteiger partial charge on any atom is -0.484 e. The number of carbonyl (C=O) groups is 3. The molecule has 8 nitrogen and oxygen atoms in total. The van der Waals surface area contributed by atoms with E-state index in [4.69, 9.17) is 21.7 Å². The molecule has 3 N–H and O–H groups in total. The van der Waals surface area contributed by atoms with E-state index in [2.05, 4.69) is 16.2 Å². The first-order valence-corrected chi connectivity index (χ1v) is 11.5. The molecule has 0 radical (unpaired) electrons. The summed E-state index contributed by atoms with van der Waals surface area (Å²) in [4.78, 5) is 35.6. The summed E-state index contributed by atoms with van der Waals surface area (Å²) in [7, 11) is 0. The van der Waals surface area contributed by atoms with E-state index in [1.165, 1.54) is 5.56 Å². The molecule has 2 aromatic rings. The van der Waals surface area contributed by atoms with E-state index in [9.17, 15) is 14.4 Å². The summed E-state index contributed by atoms with van der Waals surface area (Å²) in [6.45, 7) is 4.03. The van der Waals surface area contributed by atoms with Gasteiger partial charge < -0.3 is 14.8 Å². The molecule has 0 aromatic heterocycles. The van der Waals surface area contributed by atoms with Crippen LogP contribution in [-0.2, 0) is 25.5 Å². The zero-order valence-electron chi connectivity index (χ0n) is 19.5. The molecule has 0 atom stereocenters. The van der Waals surface area contributed by atoms with Crippen LogP contribution in [0.25, 0.3) is 0 Å². The van der Waals surface area contributed by atoms with Crippen molar-refractivity contribution in [1.82, 2.24) is 16.2 Å². The van der Waals surface area contributed by atoms with Crippen molar-refractivity contribution in [2.24, 2.45) is 0 Å². The average molecular weight is 486 g/mol. The van der Waals surface area contributed by atoms with E-state index >= 15 is 0 Å². The predicted octanol–water partition coefficient (Wildman–Crippen LogP) is 3.05. The number of hydrazine groups is 1. The van der Waals surface area contributed by atoms with Crippen LogP contribution in [0.4, 0.5) is 0 Å². The van der Waals surface area contributed by atoms with E-state index in [1.807, 2.05) is 62.4 Å². The third kappa shape index (κ3) is 11.4. The van der Waals surface area contributed by atoms with Gasteiger partial charge in [0.2, 0.25) is 5.91 Å². The first kappa shape index (κ1) is 26.8. The standard InChI is InChI=1S/C25H31N3O5S/c1-18-14-19(2)16-21(15-18)33-17-23(30)27-28-25(34)26-22(29)11-6-12-24(31)32-13-7-10-20-8-4-3-5-9-20/h3-5,8-9,14-16H,6-7,10-13,17H2,1-2H3,(H,27,30)(H2,26,28,29,34). The number of thiocarbonyl (C=S) groups is 1. The molecule has 0 fully saturated rings. The van der Waals surface area contributed by atoms with Crippen molar-refractivity contribution in [2.45, 2.75) is 46.0 Å². The molecule has 2 amide bonds. The maximum absolute atomic E-state index is 11.9. The van der Waals surface area contributed by atoms with Gasteiger partial charge in [0.15, 0.2) is 11.7 Å². The highest BCUT2D eigenvalue weighted by molar-refractivity contribution is 7.80. The summed E-state index contributed by atoms with van der Waals surface area (Å²) in [5, 5.41) is 2.39. The maximum atomic E-state index is 11.9. The number of amides is 2. The first-order chi connectivity index (χ1) is 16.3. The first-order valence-electron chi connectivity index (χ1n) is 11.1. The number of nitrogens with one attached hydrogen (secondary N) is 3. The second-order valence-corrected chi connectivity index (χ2v) is 8.23. The average Bonchev–Trinajstić information content (AvgIpc) is 2.79. The van der Waals surface area contributed by atoms with Crippen LogP contribution < -0.4 is 20.9 Å².